The Labute approximate surface area is 107 Å². The Kier molecular flexibility index (Phi) is 5.11. The van der Waals surface area contributed by atoms with Crippen molar-refractivity contribution in [1.29, 1.82) is 0 Å². The molecule has 0 atom stereocenters. The Morgan fingerprint density at radius 2 is 1.78 bits per heavy atom. The first-order chi connectivity index (χ1) is 8.72. The Hall–Kier alpha value is -2.10. The van der Waals surface area contributed by atoms with E-state index in [1.807, 2.05) is 20.8 Å². The van der Waals surface area contributed by atoms with Crippen LogP contribution in [0, 0.1) is 6.92 Å². The van der Waals surface area contributed by atoms with Gasteiger partial charge in [-0.2, -0.15) is 0 Å². The van der Waals surface area contributed by atoms with Crippen LogP contribution in [0.4, 0.5) is 0 Å². The average molecular weight is 246 g/mol. The van der Waals surface area contributed by atoms with Crippen LogP contribution in [0.2, 0.25) is 0 Å². The smallest absolute Gasteiger partial charge is 0.132 e. The van der Waals surface area contributed by atoms with E-state index in [0.29, 0.717) is 5.75 Å². The number of hydrogen-bond acceptors (Lipinski definition) is 4. The summed E-state index contributed by atoms with van der Waals surface area (Å²) in [4.78, 5) is 8.44. The van der Waals surface area contributed by atoms with Gasteiger partial charge in [0.15, 0.2) is 0 Å². The van der Waals surface area contributed by atoms with Gasteiger partial charge in [-0.25, -0.2) is 0 Å². The molecule has 0 spiro atoms. The number of methoxy groups -OCH3 is 1. The van der Waals surface area contributed by atoms with Crippen molar-refractivity contribution in [3.05, 3.63) is 36.3 Å². The van der Waals surface area contributed by atoms with Crippen LogP contribution in [-0.2, 0) is 0 Å². The van der Waals surface area contributed by atoms with E-state index >= 15 is 0 Å². The lowest BCUT2D eigenvalue weighted by Gasteiger charge is -2.09. The molecule has 18 heavy (non-hydrogen) atoms. The Bertz CT molecular complexity index is 513. The fourth-order valence-electron chi connectivity index (χ4n) is 1.55. The molecule has 1 N–H and O–H groups in total. The van der Waals surface area contributed by atoms with Crippen LogP contribution in [0.15, 0.2) is 30.6 Å². The van der Waals surface area contributed by atoms with Crippen LogP contribution in [-0.4, -0.2) is 22.2 Å². The molecule has 0 fully saturated rings. The molecule has 4 heteroatoms. The summed E-state index contributed by atoms with van der Waals surface area (Å²) >= 11 is 0. The van der Waals surface area contributed by atoms with E-state index in [2.05, 4.69) is 9.97 Å². The normalized spacial score (nSPS) is 9.33. The number of benzene rings is 1. The number of ether oxygens (including phenoxy) is 1. The minimum Gasteiger partial charge on any atom is -0.508 e. The number of nitrogens with zero attached hydrogens (tertiary/aromatic N) is 2. The summed E-state index contributed by atoms with van der Waals surface area (Å²) in [6.45, 7) is 5.88. The van der Waals surface area contributed by atoms with Gasteiger partial charge in [0, 0.05) is 24.0 Å². The van der Waals surface area contributed by atoms with Crippen LogP contribution in [0.25, 0.3) is 11.3 Å². The second kappa shape index (κ2) is 6.59. The van der Waals surface area contributed by atoms with Gasteiger partial charge in [0.05, 0.1) is 18.5 Å². The molecule has 0 saturated heterocycles. The van der Waals surface area contributed by atoms with Crippen molar-refractivity contribution in [3.8, 4) is 22.8 Å². The molecule has 0 bridgehead atoms. The zero-order chi connectivity index (χ0) is 13.5. The van der Waals surface area contributed by atoms with Gasteiger partial charge in [0.25, 0.3) is 0 Å². The summed E-state index contributed by atoms with van der Waals surface area (Å²) in [7, 11) is 1.56. The maximum atomic E-state index is 9.37. The van der Waals surface area contributed by atoms with E-state index in [1.54, 1.807) is 37.7 Å². The molecule has 2 rings (SSSR count). The highest BCUT2D eigenvalue weighted by Crippen LogP contribution is 2.32. The quantitative estimate of drug-likeness (QED) is 0.884. The standard InChI is InChI=1S/C12H12N2O2.C2H6/c1-8-12(14-6-5-13-8)10-4-3-9(15)7-11(10)16-2;1-2/h3-7,15H,1-2H3;1-2H3. The monoisotopic (exact) mass is 246 g/mol. The summed E-state index contributed by atoms with van der Waals surface area (Å²) in [5.74, 6) is 0.755. The zero-order valence-electron chi connectivity index (χ0n) is 11.1. The number of aromatic hydroxyl groups is 1. The summed E-state index contributed by atoms with van der Waals surface area (Å²) < 4.78 is 5.21. The first-order valence-electron chi connectivity index (χ1n) is 5.87. The van der Waals surface area contributed by atoms with Crippen molar-refractivity contribution in [3.63, 3.8) is 0 Å². The topological polar surface area (TPSA) is 55.2 Å². The zero-order valence-corrected chi connectivity index (χ0v) is 11.1. The third kappa shape index (κ3) is 2.97. The minimum absolute atomic E-state index is 0.169. The lowest BCUT2D eigenvalue weighted by molar-refractivity contribution is 0.409. The van der Waals surface area contributed by atoms with Crippen LogP contribution < -0.4 is 4.74 Å². The summed E-state index contributed by atoms with van der Waals surface area (Å²) in [6.07, 6.45) is 3.28. The third-order valence-corrected chi connectivity index (χ3v) is 2.32. The van der Waals surface area contributed by atoms with E-state index < -0.39 is 0 Å². The molecule has 1 aromatic carbocycles. The molecule has 2 aromatic rings. The largest absolute Gasteiger partial charge is 0.508 e. The van der Waals surface area contributed by atoms with E-state index in [1.165, 1.54) is 0 Å². The first-order valence-corrected chi connectivity index (χ1v) is 5.87. The molecule has 0 saturated carbocycles. The number of phenols is 1. The van der Waals surface area contributed by atoms with E-state index in [-0.39, 0.29) is 5.75 Å². The van der Waals surface area contributed by atoms with Crippen molar-refractivity contribution < 1.29 is 9.84 Å². The molecule has 0 aliphatic rings. The van der Waals surface area contributed by atoms with Crippen molar-refractivity contribution in [2.75, 3.05) is 7.11 Å². The van der Waals surface area contributed by atoms with Crippen LogP contribution in [0.3, 0.4) is 0 Å². The molecule has 96 valence electrons. The van der Waals surface area contributed by atoms with Gasteiger partial charge in [-0.3, -0.25) is 9.97 Å². The van der Waals surface area contributed by atoms with Crippen molar-refractivity contribution in [1.82, 2.24) is 9.97 Å². The number of phenolic OH excluding ortho intramolecular Hbond substituents is 1. The Morgan fingerprint density at radius 3 is 2.39 bits per heavy atom. The number of aromatic nitrogens is 2. The lowest BCUT2D eigenvalue weighted by Crippen LogP contribution is -1.94. The lowest BCUT2D eigenvalue weighted by atomic mass is 10.1. The number of aryl methyl sites for hydroxylation is 1. The van der Waals surface area contributed by atoms with Gasteiger partial charge < -0.3 is 9.84 Å². The van der Waals surface area contributed by atoms with Crippen molar-refractivity contribution in [2.45, 2.75) is 20.8 Å². The maximum Gasteiger partial charge on any atom is 0.132 e. The van der Waals surface area contributed by atoms with Crippen molar-refractivity contribution >= 4 is 0 Å². The summed E-state index contributed by atoms with van der Waals surface area (Å²) in [5.41, 5.74) is 2.41. The molecular formula is C14H18N2O2. The molecule has 1 aromatic heterocycles. The Morgan fingerprint density at radius 1 is 1.11 bits per heavy atom. The second-order valence-electron chi connectivity index (χ2n) is 3.37. The average Bonchev–Trinajstić information content (AvgIpc) is 2.42. The van der Waals surface area contributed by atoms with Gasteiger partial charge in [0.2, 0.25) is 0 Å². The first kappa shape index (κ1) is 14.0. The van der Waals surface area contributed by atoms with Crippen molar-refractivity contribution in [2.24, 2.45) is 0 Å². The number of rotatable bonds is 2. The highest BCUT2D eigenvalue weighted by molar-refractivity contribution is 5.69. The fraction of sp³-hybridized carbons (Fsp3) is 0.286. The summed E-state index contributed by atoms with van der Waals surface area (Å²) in [5, 5.41) is 9.37. The SMILES string of the molecule is CC.COc1cc(O)ccc1-c1nccnc1C. The molecule has 4 nitrogen and oxygen atoms in total. The fourth-order valence-corrected chi connectivity index (χ4v) is 1.55. The molecule has 0 amide bonds. The van der Waals surface area contributed by atoms with Crippen LogP contribution in [0.1, 0.15) is 19.5 Å². The highest BCUT2D eigenvalue weighted by atomic mass is 16.5. The maximum absolute atomic E-state index is 9.37. The molecular weight excluding hydrogens is 228 g/mol. The minimum atomic E-state index is 0.169. The van der Waals surface area contributed by atoms with Gasteiger partial charge in [-0.15, -0.1) is 0 Å². The van der Waals surface area contributed by atoms with Gasteiger partial charge in [0.1, 0.15) is 11.5 Å². The number of hydrogen-bond donors (Lipinski definition) is 1. The second-order valence-corrected chi connectivity index (χ2v) is 3.37. The Balaban J connectivity index is 0.000000771. The third-order valence-electron chi connectivity index (χ3n) is 2.32. The molecule has 0 unspecified atom stereocenters. The molecule has 0 radical (unpaired) electrons. The van der Waals surface area contributed by atoms with Gasteiger partial charge >= 0.3 is 0 Å². The predicted octanol–water partition coefficient (Wildman–Crippen LogP) is 3.19. The van der Waals surface area contributed by atoms with Gasteiger partial charge in [-0.1, -0.05) is 13.8 Å². The molecule has 1 heterocycles. The van der Waals surface area contributed by atoms with Gasteiger partial charge in [-0.05, 0) is 19.1 Å². The highest BCUT2D eigenvalue weighted by Gasteiger charge is 2.10. The van der Waals surface area contributed by atoms with E-state index in [0.717, 1.165) is 17.0 Å². The predicted molar refractivity (Wildman–Crippen MR) is 71.8 cm³/mol. The van der Waals surface area contributed by atoms with Crippen LogP contribution in [0.5, 0.6) is 11.5 Å². The summed E-state index contributed by atoms with van der Waals surface area (Å²) in [6, 6.07) is 4.93. The van der Waals surface area contributed by atoms with E-state index in [9.17, 15) is 5.11 Å². The molecule has 0 aliphatic carbocycles. The van der Waals surface area contributed by atoms with Crippen LogP contribution >= 0.6 is 0 Å². The molecule has 0 aliphatic heterocycles. The van der Waals surface area contributed by atoms with E-state index in [4.69, 9.17) is 4.74 Å².